The lowest BCUT2D eigenvalue weighted by Gasteiger charge is -2.26. The van der Waals surface area contributed by atoms with Crippen LogP contribution in [-0.4, -0.2) is 68.6 Å². The minimum atomic E-state index is -3.43. The largest absolute Gasteiger partial charge is 0.396 e. The molecule has 6 nitrogen and oxygen atoms in total. The summed E-state index contributed by atoms with van der Waals surface area (Å²) in [7, 11) is -1.91. The number of hydrogen-bond acceptors (Lipinski definition) is 4. The van der Waals surface area contributed by atoms with Gasteiger partial charge < -0.3 is 9.84 Å². The number of aliphatic hydroxyl groups excluding tert-OH is 1. The molecule has 0 aromatic heterocycles. The van der Waals surface area contributed by atoms with Gasteiger partial charge in [-0.15, -0.1) is 0 Å². The Bertz CT molecular complexity index is 282. The van der Waals surface area contributed by atoms with Crippen LogP contribution in [0.15, 0.2) is 0 Å². The van der Waals surface area contributed by atoms with Crippen molar-refractivity contribution < 1.29 is 18.3 Å². The number of likely N-dealkylation sites (N-methyl/N-ethyl adjacent to an activating group) is 1. The monoisotopic (exact) mass is 268 g/mol. The Labute approximate surface area is 104 Å². The molecule has 0 saturated heterocycles. The van der Waals surface area contributed by atoms with Crippen LogP contribution in [0, 0.1) is 0 Å². The van der Waals surface area contributed by atoms with E-state index in [1.165, 1.54) is 15.7 Å². The van der Waals surface area contributed by atoms with Crippen LogP contribution in [0.2, 0.25) is 0 Å². The van der Waals surface area contributed by atoms with Gasteiger partial charge in [0.25, 0.3) is 10.2 Å². The maximum Gasteiger partial charge on any atom is 0.281 e. The molecule has 7 heteroatoms. The van der Waals surface area contributed by atoms with E-state index in [-0.39, 0.29) is 6.61 Å². The van der Waals surface area contributed by atoms with Crippen LogP contribution in [0.5, 0.6) is 0 Å². The average Bonchev–Trinajstić information content (AvgIpc) is 2.31. The number of hydrogen-bond donors (Lipinski definition) is 1. The van der Waals surface area contributed by atoms with Gasteiger partial charge in [0.1, 0.15) is 0 Å². The lowest BCUT2D eigenvalue weighted by atomic mass is 10.5. The number of rotatable bonds is 10. The number of ether oxygens (including phenoxy) is 1. The van der Waals surface area contributed by atoms with Crippen LogP contribution < -0.4 is 0 Å². The molecule has 104 valence electrons. The normalized spacial score (nSPS) is 12.6. The molecule has 0 saturated carbocycles. The van der Waals surface area contributed by atoms with Gasteiger partial charge in [0.2, 0.25) is 0 Å². The third kappa shape index (κ3) is 5.78. The molecule has 0 heterocycles. The molecule has 0 aliphatic rings. The van der Waals surface area contributed by atoms with E-state index in [4.69, 9.17) is 9.84 Å². The van der Waals surface area contributed by atoms with Gasteiger partial charge in [-0.25, -0.2) is 0 Å². The van der Waals surface area contributed by atoms with Crippen molar-refractivity contribution in [1.82, 2.24) is 8.61 Å². The Morgan fingerprint density at radius 2 is 1.88 bits per heavy atom. The molecule has 0 unspecified atom stereocenters. The molecule has 0 aliphatic heterocycles. The predicted octanol–water partition coefficient (Wildman–Crippen LogP) is -0.0962. The second kappa shape index (κ2) is 8.82. The number of aliphatic hydroxyl groups is 1. The van der Waals surface area contributed by atoms with Crippen LogP contribution in [-0.2, 0) is 14.9 Å². The van der Waals surface area contributed by atoms with Crippen molar-refractivity contribution in [3.05, 3.63) is 0 Å². The van der Waals surface area contributed by atoms with Gasteiger partial charge in [-0.05, 0) is 13.3 Å². The summed E-state index contributed by atoms with van der Waals surface area (Å²) in [5, 5.41) is 8.69. The SMILES string of the molecule is CCOCCN(CC)S(=O)(=O)N(C)CCCO. The molecule has 0 bridgehead atoms. The van der Waals surface area contributed by atoms with Crippen LogP contribution in [0.25, 0.3) is 0 Å². The summed E-state index contributed by atoms with van der Waals surface area (Å²) in [4.78, 5) is 0. The van der Waals surface area contributed by atoms with E-state index < -0.39 is 10.2 Å². The van der Waals surface area contributed by atoms with Gasteiger partial charge in [-0.3, -0.25) is 0 Å². The quantitative estimate of drug-likeness (QED) is 0.562. The zero-order valence-corrected chi connectivity index (χ0v) is 11.7. The molecule has 0 fully saturated rings. The second-order valence-electron chi connectivity index (χ2n) is 3.60. The van der Waals surface area contributed by atoms with Crippen LogP contribution in [0.1, 0.15) is 20.3 Å². The first-order chi connectivity index (χ1) is 8.00. The van der Waals surface area contributed by atoms with Crippen molar-refractivity contribution in [2.24, 2.45) is 0 Å². The summed E-state index contributed by atoms with van der Waals surface area (Å²) in [5.41, 5.74) is 0. The summed E-state index contributed by atoms with van der Waals surface area (Å²) >= 11 is 0. The van der Waals surface area contributed by atoms with Crippen LogP contribution in [0.3, 0.4) is 0 Å². The lowest BCUT2D eigenvalue weighted by molar-refractivity contribution is 0.134. The summed E-state index contributed by atoms with van der Waals surface area (Å²) in [5.74, 6) is 0. The zero-order chi connectivity index (χ0) is 13.3. The fraction of sp³-hybridized carbons (Fsp3) is 1.00. The summed E-state index contributed by atoms with van der Waals surface area (Å²) in [6.07, 6.45) is 0.443. The van der Waals surface area contributed by atoms with Crippen molar-refractivity contribution in [1.29, 1.82) is 0 Å². The van der Waals surface area contributed by atoms with Gasteiger partial charge in [0.05, 0.1) is 6.61 Å². The van der Waals surface area contributed by atoms with E-state index >= 15 is 0 Å². The van der Waals surface area contributed by atoms with E-state index in [1.807, 2.05) is 6.92 Å². The van der Waals surface area contributed by atoms with Gasteiger partial charge in [0, 0.05) is 39.9 Å². The highest BCUT2D eigenvalue weighted by Crippen LogP contribution is 2.06. The molecule has 0 spiro atoms. The minimum Gasteiger partial charge on any atom is -0.396 e. The van der Waals surface area contributed by atoms with Crippen molar-refractivity contribution >= 4 is 10.2 Å². The molecule has 17 heavy (non-hydrogen) atoms. The predicted molar refractivity (Wildman–Crippen MR) is 67.0 cm³/mol. The molecule has 0 aromatic rings. The van der Waals surface area contributed by atoms with E-state index in [0.717, 1.165) is 0 Å². The average molecular weight is 268 g/mol. The highest BCUT2D eigenvalue weighted by Gasteiger charge is 2.24. The Morgan fingerprint density at radius 3 is 2.35 bits per heavy atom. The van der Waals surface area contributed by atoms with Crippen molar-refractivity contribution in [3.63, 3.8) is 0 Å². The minimum absolute atomic E-state index is 0.00900. The molecule has 0 rings (SSSR count). The Kier molecular flexibility index (Phi) is 8.71. The second-order valence-corrected chi connectivity index (χ2v) is 5.63. The molecule has 0 amide bonds. The van der Waals surface area contributed by atoms with Gasteiger partial charge >= 0.3 is 0 Å². The van der Waals surface area contributed by atoms with E-state index in [2.05, 4.69) is 0 Å². The van der Waals surface area contributed by atoms with E-state index in [9.17, 15) is 8.42 Å². The number of nitrogens with zero attached hydrogens (tertiary/aromatic N) is 2. The lowest BCUT2D eigenvalue weighted by Crippen LogP contribution is -2.43. The fourth-order valence-corrected chi connectivity index (χ4v) is 2.74. The fourth-order valence-electron chi connectivity index (χ4n) is 1.35. The third-order valence-electron chi connectivity index (χ3n) is 2.39. The first-order valence-corrected chi connectivity index (χ1v) is 7.30. The summed E-state index contributed by atoms with van der Waals surface area (Å²) in [6, 6.07) is 0. The zero-order valence-electron chi connectivity index (χ0n) is 10.9. The molecule has 0 aliphatic carbocycles. The maximum atomic E-state index is 12.1. The van der Waals surface area contributed by atoms with Crippen LogP contribution >= 0.6 is 0 Å². The Hall–Kier alpha value is -0.210. The molecule has 1 N–H and O–H groups in total. The van der Waals surface area contributed by atoms with Crippen molar-refractivity contribution in [2.45, 2.75) is 20.3 Å². The maximum absolute atomic E-state index is 12.1. The summed E-state index contributed by atoms with van der Waals surface area (Å²) < 4.78 is 31.9. The van der Waals surface area contributed by atoms with E-state index in [1.54, 1.807) is 6.92 Å². The molecule has 0 radical (unpaired) electrons. The third-order valence-corrected chi connectivity index (χ3v) is 4.46. The summed E-state index contributed by atoms with van der Waals surface area (Å²) in [6.45, 7) is 5.74. The first-order valence-electron chi connectivity index (χ1n) is 5.90. The van der Waals surface area contributed by atoms with Crippen molar-refractivity contribution in [3.8, 4) is 0 Å². The molecule has 0 aromatic carbocycles. The molecular weight excluding hydrogens is 244 g/mol. The van der Waals surface area contributed by atoms with Gasteiger partial charge in [-0.2, -0.15) is 17.0 Å². The smallest absolute Gasteiger partial charge is 0.281 e. The van der Waals surface area contributed by atoms with E-state index in [0.29, 0.717) is 39.3 Å². The molecular formula is C10H24N2O4S. The Balaban J connectivity index is 4.40. The highest BCUT2D eigenvalue weighted by molar-refractivity contribution is 7.86. The van der Waals surface area contributed by atoms with Gasteiger partial charge in [-0.1, -0.05) is 6.92 Å². The van der Waals surface area contributed by atoms with Crippen LogP contribution in [0.4, 0.5) is 0 Å². The molecule has 0 atom stereocenters. The van der Waals surface area contributed by atoms with Crippen molar-refractivity contribution in [2.75, 3.05) is 46.5 Å². The first kappa shape index (κ1) is 16.8. The van der Waals surface area contributed by atoms with Gasteiger partial charge in [0.15, 0.2) is 0 Å². The Morgan fingerprint density at radius 1 is 1.24 bits per heavy atom. The standard InChI is InChI=1S/C10H24N2O4S/c1-4-12(8-10-16-5-2)17(14,15)11(3)7-6-9-13/h13H,4-10H2,1-3H3. The highest BCUT2D eigenvalue weighted by atomic mass is 32.2. The topological polar surface area (TPSA) is 70.1 Å².